The Morgan fingerprint density at radius 2 is 1.68 bits per heavy atom. The number of carbonyl (C=O) groups excluding carboxylic acids is 1. The Labute approximate surface area is 186 Å². The van der Waals surface area contributed by atoms with E-state index in [1.807, 2.05) is 18.2 Å². The number of methoxy groups -OCH3 is 2. The van der Waals surface area contributed by atoms with Crippen LogP contribution in [0.2, 0.25) is 5.02 Å². The summed E-state index contributed by atoms with van der Waals surface area (Å²) in [6, 6.07) is 17.7. The molecule has 3 aromatic rings. The van der Waals surface area contributed by atoms with E-state index in [9.17, 15) is 13.2 Å². The van der Waals surface area contributed by atoms with Gasteiger partial charge in [-0.3, -0.25) is 9.52 Å². The number of sulfonamides is 1. The fourth-order valence-corrected chi connectivity index (χ4v) is 4.43. The molecule has 2 N–H and O–H groups in total. The number of ether oxygens (including phenoxy) is 2. The van der Waals surface area contributed by atoms with Crippen molar-refractivity contribution in [3.8, 4) is 11.5 Å². The molecule has 162 valence electrons. The first-order valence-electron chi connectivity index (χ1n) is 9.20. The second-order valence-corrected chi connectivity index (χ2v) is 8.53. The van der Waals surface area contributed by atoms with E-state index in [-0.39, 0.29) is 22.0 Å². The first-order valence-corrected chi connectivity index (χ1v) is 11.1. The van der Waals surface area contributed by atoms with Crippen LogP contribution in [-0.4, -0.2) is 28.5 Å². The van der Waals surface area contributed by atoms with E-state index >= 15 is 0 Å². The molecule has 9 heteroatoms. The zero-order chi connectivity index (χ0) is 22.4. The third-order valence-corrected chi connectivity index (χ3v) is 6.32. The van der Waals surface area contributed by atoms with Gasteiger partial charge in [-0.1, -0.05) is 29.8 Å². The van der Waals surface area contributed by atoms with Gasteiger partial charge < -0.3 is 14.8 Å². The lowest BCUT2D eigenvalue weighted by Gasteiger charge is -2.12. The Morgan fingerprint density at radius 1 is 0.968 bits per heavy atom. The van der Waals surface area contributed by atoms with Gasteiger partial charge in [-0.2, -0.15) is 0 Å². The quantitative estimate of drug-likeness (QED) is 0.528. The molecule has 3 aromatic carbocycles. The molecule has 0 saturated carbocycles. The van der Waals surface area contributed by atoms with Crippen LogP contribution in [0.4, 0.5) is 5.69 Å². The predicted octanol–water partition coefficient (Wildman–Crippen LogP) is 4.09. The average molecular weight is 461 g/mol. The number of hydrogen-bond donors (Lipinski definition) is 2. The summed E-state index contributed by atoms with van der Waals surface area (Å²) in [5.74, 6) is 0.795. The topological polar surface area (TPSA) is 93.7 Å². The Bertz CT molecular complexity index is 1180. The molecular weight excluding hydrogens is 440 g/mol. The van der Waals surface area contributed by atoms with Crippen LogP contribution in [0.15, 0.2) is 71.6 Å². The lowest BCUT2D eigenvalue weighted by Crippen LogP contribution is -2.23. The summed E-state index contributed by atoms with van der Waals surface area (Å²) >= 11 is 6.12. The molecule has 0 heterocycles. The van der Waals surface area contributed by atoms with E-state index in [2.05, 4.69) is 10.0 Å². The van der Waals surface area contributed by atoms with E-state index in [4.69, 9.17) is 21.1 Å². The molecule has 3 rings (SSSR count). The van der Waals surface area contributed by atoms with Crippen LogP contribution in [0.1, 0.15) is 15.9 Å². The third kappa shape index (κ3) is 5.48. The van der Waals surface area contributed by atoms with E-state index in [1.54, 1.807) is 37.4 Å². The molecule has 0 aliphatic carbocycles. The van der Waals surface area contributed by atoms with Crippen molar-refractivity contribution in [2.45, 2.75) is 11.4 Å². The second kappa shape index (κ2) is 9.72. The van der Waals surface area contributed by atoms with Crippen molar-refractivity contribution < 1.29 is 22.7 Å². The van der Waals surface area contributed by atoms with Crippen molar-refractivity contribution in [2.75, 3.05) is 18.9 Å². The monoisotopic (exact) mass is 460 g/mol. The summed E-state index contributed by atoms with van der Waals surface area (Å²) in [6.07, 6.45) is 0. The molecule has 0 saturated heterocycles. The molecular formula is C22H21ClN2O5S. The average Bonchev–Trinajstić information content (AvgIpc) is 2.78. The number of rotatable bonds is 8. The normalized spacial score (nSPS) is 10.9. The number of amides is 1. The number of halogens is 1. The fourth-order valence-electron chi connectivity index (χ4n) is 2.85. The second-order valence-electron chi connectivity index (χ2n) is 6.47. The first kappa shape index (κ1) is 22.5. The molecule has 0 atom stereocenters. The lowest BCUT2D eigenvalue weighted by atomic mass is 10.1. The van der Waals surface area contributed by atoms with Gasteiger partial charge in [0, 0.05) is 23.4 Å². The van der Waals surface area contributed by atoms with Gasteiger partial charge in [0.05, 0.1) is 19.2 Å². The molecule has 0 aromatic heterocycles. The van der Waals surface area contributed by atoms with E-state index in [0.717, 1.165) is 5.56 Å². The third-order valence-electron chi connectivity index (χ3n) is 4.46. The summed E-state index contributed by atoms with van der Waals surface area (Å²) in [4.78, 5) is 12.4. The molecule has 0 fully saturated rings. The standard InChI is InChI=1S/C22H21ClN2O5S/c1-29-18-10-8-17(9-11-18)25-31(27,28)21-13-15(7-12-19(21)23)22(26)24-14-16-5-3-4-6-20(16)30-2/h3-13,25H,14H2,1-2H3,(H,24,26). The van der Waals surface area contributed by atoms with Gasteiger partial charge in [0.25, 0.3) is 15.9 Å². The van der Waals surface area contributed by atoms with Gasteiger partial charge in [-0.25, -0.2) is 8.42 Å². The minimum absolute atomic E-state index is 0.00212. The van der Waals surface area contributed by atoms with E-state index in [1.165, 1.54) is 25.3 Å². The zero-order valence-corrected chi connectivity index (χ0v) is 18.5. The Hall–Kier alpha value is -3.23. The van der Waals surface area contributed by atoms with Crippen molar-refractivity contribution in [1.29, 1.82) is 0 Å². The van der Waals surface area contributed by atoms with Crippen molar-refractivity contribution >= 4 is 33.2 Å². The van der Waals surface area contributed by atoms with Crippen LogP contribution in [0.5, 0.6) is 11.5 Å². The zero-order valence-electron chi connectivity index (χ0n) is 16.9. The largest absolute Gasteiger partial charge is 0.497 e. The molecule has 7 nitrogen and oxygen atoms in total. The molecule has 1 amide bonds. The highest BCUT2D eigenvalue weighted by molar-refractivity contribution is 7.92. The summed E-state index contributed by atoms with van der Waals surface area (Å²) in [5, 5.41) is 2.76. The van der Waals surface area contributed by atoms with Crippen molar-refractivity contribution in [2.24, 2.45) is 0 Å². The molecule has 0 aliphatic heterocycles. The predicted molar refractivity (Wildman–Crippen MR) is 119 cm³/mol. The summed E-state index contributed by atoms with van der Waals surface area (Å²) in [5.41, 5.74) is 1.29. The van der Waals surface area contributed by atoms with Crippen molar-refractivity contribution in [3.63, 3.8) is 0 Å². The molecule has 31 heavy (non-hydrogen) atoms. The Balaban J connectivity index is 1.79. The number of hydrogen-bond acceptors (Lipinski definition) is 5. The SMILES string of the molecule is COc1ccc(NS(=O)(=O)c2cc(C(=O)NCc3ccccc3OC)ccc2Cl)cc1. The van der Waals surface area contributed by atoms with E-state index < -0.39 is 15.9 Å². The van der Waals surface area contributed by atoms with Crippen molar-refractivity contribution in [3.05, 3.63) is 82.9 Å². The molecule has 0 radical (unpaired) electrons. The number of para-hydroxylation sites is 1. The summed E-state index contributed by atoms with van der Waals surface area (Å²) in [7, 11) is -0.954. The Kier molecular flexibility index (Phi) is 7.04. The van der Waals surface area contributed by atoms with Crippen LogP contribution < -0.4 is 19.5 Å². The van der Waals surface area contributed by atoms with E-state index in [0.29, 0.717) is 17.2 Å². The Morgan fingerprint density at radius 3 is 2.35 bits per heavy atom. The molecule has 0 aliphatic rings. The number of nitrogens with one attached hydrogen (secondary N) is 2. The smallest absolute Gasteiger partial charge is 0.263 e. The van der Waals surface area contributed by atoms with Gasteiger partial charge >= 0.3 is 0 Å². The van der Waals surface area contributed by atoms with Crippen LogP contribution in [-0.2, 0) is 16.6 Å². The van der Waals surface area contributed by atoms with Gasteiger partial charge in [0.1, 0.15) is 16.4 Å². The fraction of sp³-hybridized carbons (Fsp3) is 0.136. The maximum absolute atomic E-state index is 12.8. The maximum atomic E-state index is 12.8. The van der Waals surface area contributed by atoms with Crippen LogP contribution in [0.3, 0.4) is 0 Å². The highest BCUT2D eigenvalue weighted by atomic mass is 35.5. The number of anilines is 1. The molecule has 0 unspecified atom stereocenters. The van der Waals surface area contributed by atoms with Crippen LogP contribution >= 0.6 is 11.6 Å². The van der Waals surface area contributed by atoms with Crippen LogP contribution in [0.25, 0.3) is 0 Å². The maximum Gasteiger partial charge on any atom is 0.263 e. The number of benzene rings is 3. The van der Waals surface area contributed by atoms with Crippen molar-refractivity contribution in [1.82, 2.24) is 5.32 Å². The van der Waals surface area contributed by atoms with Gasteiger partial charge in [0.15, 0.2) is 0 Å². The summed E-state index contributed by atoms with van der Waals surface area (Å²) < 4.78 is 38.5. The van der Waals surface area contributed by atoms with Crippen LogP contribution in [0, 0.1) is 0 Å². The minimum Gasteiger partial charge on any atom is -0.497 e. The van der Waals surface area contributed by atoms with Gasteiger partial charge in [-0.05, 0) is 48.5 Å². The highest BCUT2D eigenvalue weighted by Gasteiger charge is 2.20. The lowest BCUT2D eigenvalue weighted by molar-refractivity contribution is 0.0950. The minimum atomic E-state index is -4.02. The molecule has 0 bridgehead atoms. The van der Waals surface area contributed by atoms with Gasteiger partial charge in [-0.15, -0.1) is 0 Å². The highest BCUT2D eigenvalue weighted by Crippen LogP contribution is 2.26. The number of carbonyl (C=O) groups is 1. The molecule has 0 spiro atoms. The first-order chi connectivity index (χ1) is 14.8. The van der Waals surface area contributed by atoms with Gasteiger partial charge in [0.2, 0.25) is 0 Å². The summed E-state index contributed by atoms with van der Waals surface area (Å²) in [6.45, 7) is 0.220.